The number of nitrogens with zero attached hydrogens (tertiary/aromatic N) is 4. The first kappa shape index (κ1) is 24.9. The molecule has 0 aliphatic carbocycles. The summed E-state index contributed by atoms with van der Waals surface area (Å²) in [5.41, 5.74) is 7.50. The first-order chi connectivity index (χ1) is 18.9. The molecule has 0 atom stereocenters. The normalized spacial score (nSPS) is 12.6. The van der Waals surface area contributed by atoms with Crippen molar-refractivity contribution in [1.82, 2.24) is 15.2 Å². The summed E-state index contributed by atoms with van der Waals surface area (Å²) >= 11 is 12.5. The van der Waals surface area contributed by atoms with Gasteiger partial charge in [-0.1, -0.05) is 59.6 Å². The highest BCUT2D eigenvalue weighted by Gasteiger charge is 2.29. The lowest BCUT2D eigenvalue weighted by Crippen LogP contribution is -2.26. The lowest BCUT2D eigenvalue weighted by Gasteiger charge is -2.18. The van der Waals surface area contributed by atoms with Gasteiger partial charge in [0.2, 0.25) is 0 Å². The number of carbonyl (C=O) groups is 2. The molecule has 1 aliphatic heterocycles. The molecule has 7 nitrogen and oxygen atoms in total. The summed E-state index contributed by atoms with van der Waals surface area (Å²) in [5, 5.41) is 11.5. The number of nitrogens with one attached hydrogen (secondary N) is 1. The van der Waals surface area contributed by atoms with Crippen LogP contribution in [0.1, 0.15) is 37.5 Å². The zero-order chi connectivity index (χ0) is 27.1. The first-order valence-electron chi connectivity index (χ1n) is 12.2. The first-order valence-corrected chi connectivity index (χ1v) is 12.9. The van der Waals surface area contributed by atoms with Gasteiger partial charge in [0.05, 0.1) is 35.4 Å². The Morgan fingerprint density at radius 3 is 2.44 bits per heavy atom. The van der Waals surface area contributed by atoms with Gasteiger partial charge in [-0.3, -0.25) is 9.59 Å². The predicted octanol–water partition coefficient (Wildman–Crippen LogP) is 6.57. The summed E-state index contributed by atoms with van der Waals surface area (Å²) in [6.07, 6.45) is 1.47. The summed E-state index contributed by atoms with van der Waals surface area (Å²) < 4.78 is 1.58. The minimum absolute atomic E-state index is 0.0219. The zero-order valence-electron chi connectivity index (χ0n) is 20.7. The van der Waals surface area contributed by atoms with Crippen LogP contribution in [-0.2, 0) is 6.54 Å². The van der Waals surface area contributed by atoms with E-state index in [-0.39, 0.29) is 11.8 Å². The Bertz CT molecular complexity index is 1770. The fourth-order valence-corrected chi connectivity index (χ4v) is 5.16. The van der Waals surface area contributed by atoms with E-state index in [0.717, 1.165) is 27.7 Å². The molecule has 6 rings (SSSR count). The lowest BCUT2D eigenvalue weighted by molar-refractivity contribution is 0.0953. The quantitative estimate of drug-likeness (QED) is 0.191. The second kappa shape index (κ2) is 10.0. The van der Waals surface area contributed by atoms with Gasteiger partial charge in [0.1, 0.15) is 5.15 Å². The van der Waals surface area contributed by atoms with Gasteiger partial charge in [-0.25, -0.2) is 10.1 Å². The third-order valence-corrected chi connectivity index (χ3v) is 7.30. The van der Waals surface area contributed by atoms with Crippen LogP contribution in [0.25, 0.3) is 16.5 Å². The van der Waals surface area contributed by atoms with E-state index in [4.69, 9.17) is 23.2 Å². The number of hydrogen-bond acceptors (Lipinski definition) is 4. The van der Waals surface area contributed by atoms with Gasteiger partial charge in [0.15, 0.2) is 0 Å². The van der Waals surface area contributed by atoms with Crippen LogP contribution < -0.4 is 10.3 Å². The van der Waals surface area contributed by atoms with Gasteiger partial charge < -0.3 is 4.90 Å². The summed E-state index contributed by atoms with van der Waals surface area (Å²) in [5.74, 6) is -0.391. The van der Waals surface area contributed by atoms with E-state index in [0.29, 0.717) is 39.1 Å². The highest BCUT2D eigenvalue weighted by molar-refractivity contribution is 6.32. The van der Waals surface area contributed by atoms with E-state index in [1.165, 1.54) is 6.21 Å². The fraction of sp³-hybridized carbons (Fsp3) is 0.0667. The second-order valence-electron chi connectivity index (χ2n) is 9.15. The summed E-state index contributed by atoms with van der Waals surface area (Å²) in [7, 11) is 0. The summed E-state index contributed by atoms with van der Waals surface area (Å²) in [6.45, 7) is 2.21. The number of amides is 2. The largest absolute Gasteiger partial charge is 0.303 e. The Balaban J connectivity index is 1.13. The molecule has 0 saturated carbocycles. The number of hydrazone groups is 1. The predicted molar refractivity (Wildman–Crippen MR) is 154 cm³/mol. The second-order valence-corrected chi connectivity index (χ2v) is 9.94. The van der Waals surface area contributed by atoms with Crippen molar-refractivity contribution < 1.29 is 9.59 Å². The third kappa shape index (κ3) is 4.56. The van der Waals surface area contributed by atoms with Crippen LogP contribution in [0.4, 0.5) is 5.69 Å². The Morgan fingerprint density at radius 1 is 0.974 bits per heavy atom. The van der Waals surface area contributed by atoms with Crippen molar-refractivity contribution in [1.29, 1.82) is 0 Å². The molecule has 1 aliphatic rings. The molecule has 1 aromatic heterocycles. The third-order valence-electron chi connectivity index (χ3n) is 6.68. The van der Waals surface area contributed by atoms with E-state index >= 15 is 0 Å². The monoisotopic (exact) mass is 553 g/mol. The van der Waals surface area contributed by atoms with Crippen molar-refractivity contribution in [2.75, 3.05) is 4.90 Å². The molecule has 2 amide bonds. The molecule has 39 heavy (non-hydrogen) atoms. The molecule has 0 unspecified atom stereocenters. The summed E-state index contributed by atoms with van der Waals surface area (Å²) in [6, 6.07) is 25.9. The standard InChI is InChI=1S/C30H21Cl2N5O2/c1-18-25(28(32)37(35-18)23-14-12-22(31)13-15-23)16-33-34-29(38)21-10-8-19(9-11-21)17-36-26-7-3-5-20-4-2-6-24(27(20)26)30(36)39/h2-16H,17H2,1H3,(H,34,38). The average Bonchev–Trinajstić information content (AvgIpc) is 3.39. The molecular formula is C30H21Cl2N5O2. The van der Waals surface area contributed by atoms with Crippen LogP contribution in [0, 0.1) is 6.92 Å². The molecule has 2 heterocycles. The molecule has 4 aromatic carbocycles. The van der Waals surface area contributed by atoms with Crippen molar-refractivity contribution in [3.05, 3.63) is 123 Å². The van der Waals surface area contributed by atoms with Crippen molar-refractivity contribution in [2.24, 2.45) is 5.10 Å². The van der Waals surface area contributed by atoms with Crippen LogP contribution in [0.5, 0.6) is 0 Å². The topological polar surface area (TPSA) is 79.6 Å². The summed E-state index contributed by atoms with van der Waals surface area (Å²) in [4.78, 5) is 27.5. The molecule has 5 aromatic rings. The molecule has 0 fully saturated rings. The van der Waals surface area contributed by atoms with Gasteiger partial charge >= 0.3 is 0 Å². The Labute approximate surface area is 234 Å². The van der Waals surface area contributed by atoms with Crippen LogP contribution >= 0.6 is 23.2 Å². The highest BCUT2D eigenvalue weighted by Crippen LogP contribution is 2.38. The maximum absolute atomic E-state index is 13.1. The van der Waals surface area contributed by atoms with Crippen LogP contribution in [0.2, 0.25) is 10.2 Å². The number of aryl methyl sites for hydroxylation is 1. The van der Waals surface area contributed by atoms with Crippen LogP contribution in [0.15, 0.2) is 90.0 Å². The van der Waals surface area contributed by atoms with Gasteiger partial charge in [0.25, 0.3) is 11.8 Å². The number of rotatable bonds is 6. The smallest absolute Gasteiger partial charge is 0.271 e. The lowest BCUT2D eigenvalue weighted by atomic mass is 10.1. The Kier molecular flexibility index (Phi) is 6.38. The number of aromatic nitrogens is 2. The molecule has 0 saturated heterocycles. The van der Waals surface area contributed by atoms with Crippen LogP contribution in [0.3, 0.4) is 0 Å². The molecule has 0 bridgehead atoms. The average molecular weight is 554 g/mol. The fourth-order valence-electron chi connectivity index (χ4n) is 4.71. The van der Waals surface area contributed by atoms with Gasteiger partial charge in [0, 0.05) is 21.5 Å². The molecule has 9 heteroatoms. The molecule has 0 radical (unpaired) electrons. The van der Waals surface area contributed by atoms with Crippen LogP contribution in [-0.4, -0.2) is 27.8 Å². The van der Waals surface area contributed by atoms with Gasteiger partial charge in [-0.2, -0.15) is 10.2 Å². The van der Waals surface area contributed by atoms with Crippen molar-refractivity contribution >= 4 is 57.7 Å². The SMILES string of the molecule is Cc1nn(-c2ccc(Cl)cc2)c(Cl)c1C=NNC(=O)c1ccc(CN2C(=O)c3cccc4cccc2c34)cc1. The maximum Gasteiger partial charge on any atom is 0.271 e. The number of benzene rings is 4. The molecule has 1 N–H and O–H groups in total. The van der Waals surface area contributed by atoms with E-state index in [2.05, 4.69) is 15.6 Å². The minimum Gasteiger partial charge on any atom is -0.303 e. The van der Waals surface area contributed by atoms with E-state index in [1.54, 1.807) is 33.8 Å². The van der Waals surface area contributed by atoms with E-state index in [9.17, 15) is 9.59 Å². The molecule has 192 valence electrons. The number of carbonyl (C=O) groups excluding carboxylic acids is 2. The van der Waals surface area contributed by atoms with Crippen molar-refractivity contribution in [3.63, 3.8) is 0 Å². The maximum atomic E-state index is 13.1. The Hall–Kier alpha value is -4.46. The number of anilines is 1. The molecular weight excluding hydrogens is 533 g/mol. The zero-order valence-corrected chi connectivity index (χ0v) is 22.2. The minimum atomic E-state index is -0.369. The van der Waals surface area contributed by atoms with Gasteiger partial charge in [-0.15, -0.1) is 0 Å². The van der Waals surface area contributed by atoms with Gasteiger partial charge in [-0.05, 0) is 66.4 Å². The van der Waals surface area contributed by atoms with Crippen molar-refractivity contribution in [2.45, 2.75) is 13.5 Å². The molecule has 0 spiro atoms. The van der Waals surface area contributed by atoms with E-state index < -0.39 is 0 Å². The number of hydrogen-bond donors (Lipinski definition) is 1. The number of halogens is 2. The van der Waals surface area contributed by atoms with E-state index in [1.807, 2.05) is 67.6 Å². The Morgan fingerprint density at radius 2 is 1.69 bits per heavy atom. The van der Waals surface area contributed by atoms with Crippen molar-refractivity contribution in [3.8, 4) is 5.69 Å². The highest BCUT2D eigenvalue weighted by atomic mass is 35.5.